The van der Waals surface area contributed by atoms with Crippen molar-refractivity contribution < 1.29 is 27.4 Å². The second-order valence-electron chi connectivity index (χ2n) is 5.37. The summed E-state index contributed by atoms with van der Waals surface area (Å²) in [4.78, 5) is 12.2. The molecule has 0 fully saturated rings. The van der Waals surface area contributed by atoms with Crippen molar-refractivity contribution >= 4 is 23.2 Å². The van der Waals surface area contributed by atoms with Gasteiger partial charge in [0.05, 0.1) is 24.3 Å². The Hall–Kier alpha value is -2.25. The van der Waals surface area contributed by atoms with Gasteiger partial charge >= 0.3 is 6.18 Å². The van der Waals surface area contributed by atoms with E-state index < -0.39 is 17.6 Å². The molecule has 0 saturated heterocycles. The standard InChI is InChI=1S/C18H17ClF3NO3/c1-25-8-9-26-16-7-6-13(18(20,21)22)11-15(16)23-17(24)10-12-4-2-3-5-14(12)19/h2-7,11H,8-10H2,1H3,(H,23,24). The van der Waals surface area contributed by atoms with Crippen LogP contribution >= 0.6 is 11.6 Å². The minimum atomic E-state index is -4.53. The summed E-state index contributed by atoms with van der Waals surface area (Å²) in [6.45, 7) is 0.392. The number of hydrogen-bond donors (Lipinski definition) is 1. The van der Waals surface area contributed by atoms with Crippen molar-refractivity contribution in [2.45, 2.75) is 12.6 Å². The number of alkyl halides is 3. The predicted molar refractivity (Wildman–Crippen MR) is 92.6 cm³/mol. The summed E-state index contributed by atoms with van der Waals surface area (Å²) in [6, 6.07) is 9.65. The summed E-state index contributed by atoms with van der Waals surface area (Å²) in [5, 5.41) is 2.87. The topological polar surface area (TPSA) is 47.6 Å². The molecule has 0 bridgehead atoms. The van der Waals surface area contributed by atoms with Crippen molar-refractivity contribution in [1.29, 1.82) is 0 Å². The van der Waals surface area contributed by atoms with Crippen LogP contribution in [0.4, 0.5) is 18.9 Å². The number of methoxy groups -OCH3 is 1. The minimum Gasteiger partial charge on any atom is -0.489 e. The fraction of sp³-hybridized carbons (Fsp3) is 0.278. The zero-order chi connectivity index (χ0) is 19.2. The number of nitrogens with one attached hydrogen (secondary N) is 1. The van der Waals surface area contributed by atoms with Crippen molar-refractivity contribution in [2.75, 3.05) is 25.6 Å². The van der Waals surface area contributed by atoms with E-state index >= 15 is 0 Å². The van der Waals surface area contributed by atoms with Crippen LogP contribution in [0.1, 0.15) is 11.1 Å². The van der Waals surface area contributed by atoms with Crippen LogP contribution in [-0.4, -0.2) is 26.2 Å². The van der Waals surface area contributed by atoms with Crippen LogP contribution in [0.5, 0.6) is 5.75 Å². The van der Waals surface area contributed by atoms with Gasteiger partial charge < -0.3 is 14.8 Å². The second-order valence-corrected chi connectivity index (χ2v) is 5.77. The van der Waals surface area contributed by atoms with Crippen molar-refractivity contribution in [2.24, 2.45) is 0 Å². The number of hydrogen-bond acceptors (Lipinski definition) is 3. The van der Waals surface area contributed by atoms with Crippen molar-refractivity contribution in [3.63, 3.8) is 0 Å². The van der Waals surface area contributed by atoms with Crippen molar-refractivity contribution in [3.05, 3.63) is 58.6 Å². The molecule has 0 atom stereocenters. The van der Waals surface area contributed by atoms with E-state index in [1.807, 2.05) is 0 Å². The first-order chi connectivity index (χ1) is 12.3. The van der Waals surface area contributed by atoms with Gasteiger partial charge in [0.2, 0.25) is 5.91 Å². The average molecular weight is 388 g/mol. The Morgan fingerprint density at radius 3 is 2.54 bits per heavy atom. The van der Waals surface area contributed by atoms with E-state index in [4.69, 9.17) is 21.1 Å². The Morgan fingerprint density at radius 1 is 1.15 bits per heavy atom. The minimum absolute atomic E-state index is 0.0621. The third kappa shape index (κ3) is 5.64. The van der Waals surface area contributed by atoms with Gasteiger partial charge in [0.25, 0.3) is 0 Å². The van der Waals surface area contributed by atoms with E-state index in [0.717, 1.165) is 12.1 Å². The summed E-state index contributed by atoms with van der Waals surface area (Å²) < 4.78 is 49.1. The summed E-state index contributed by atoms with van der Waals surface area (Å²) in [5.41, 5.74) is -0.377. The van der Waals surface area contributed by atoms with Gasteiger partial charge in [-0.25, -0.2) is 0 Å². The normalized spacial score (nSPS) is 11.3. The first-order valence-corrected chi connectivity index (χ1v) is 8.05. The average Bonchev–Trinajstić information content (AvgIpc) is 2.57. The Bertz CT molecular complexity index is 766. The van der Waals surface area contributed by atoms with Crippen LogP contribution in [0.25, 0.3) is 0 Å². The van der Waals surface area contributed by atoms with Gasteiger partial charge in [-0.15, -0.1) is 0 Å². The molecule has 1 amide bonds. The van der Waals surface area contributed by atoms with Gasteiger partial charge in [-0.05, 0) is 29.8 Å². The Kier molecular flexibility index (Phi) is 6.88. The molecule has 2 rings (SSSR count). The van der Waals surface area contributed by atoms with Gasteiger partial charge in [0.15, 0.2) is 0 Å². The van der Waals surface area contributed by atoms with Crippen LogP contribution in [0.2, 0.25) is 5.02 Å². The van der Waals surface area contributed by atoms with Crippen molar-refractivity contribution in [3.8, 4) is 5.75 Å². The highest BCUT2D eigenvalue weighted by Gasteiger charge is 2.31. The third-order valence-electron chi connectivity index (χ3n) is 3.43. The number of rotatable bonds is 7. The van der Waals surface area contributed by atoms with E-state index in [2.05, 4.69) is 5.32 Å². The largest absolute Gasteiger partial charge is 0.489 e. The van der Waals surface area contributed by atoms with Crippen molar-refractivity contribution in [1.82, 2.24) is 0 Å². The molecule has 0 spiro atoms. The van der Waals surface area contributed by atoms with E-state index in [1.54, 1.807) is 24.3 Å². The Labute approximate surface area is 153 Å². The lowest BCUT2D eigenvalue weighted by Crippen LogP contribution is -2.17. The first-order valence-electron chi connectivity index (χ1n) is 7.67. The molecule has 0 aromatic heterocycles. The number of benzene rings is 2. The number of halogens is 4. The molecule has 0 radical (unpaired) electrons. The molecular weight excluding hydrogens is 371 g/mol. The summed E-state index contributed by atoms with van der Waals surface area (Å²) >= 11 is 6.00. The molecule has 0 heterocycles. The second kappa shape index (κ2) is 8.91. The molecule has 2 aromatic rings. The van der Waals surface area contributed by atoms with Crippen LogP contribution in [0, 0.1) is 0 Å². The molecule has 4 nitrogen and oxygen atoms in total. The monoisotopic (exact) mass is 387 g/mol. The van der Waals surface area contributed by atoms with Crippen LogP contribution in [-0.2, 0) is 22.1 Å². The summed E-state index contributed by atoms with van der Waals surface area (Å²) in [7, 11) is 1.47. The fourth-order valence-electron chi connectivity index (χ4n) is 2.17. The maximum Gasteiger partial charge on any atom is 0.416 e. The number of carbonyl (C=O) groups excluding carboxylic acids is 1. The molecule has 0 aliphatic carbocycles. The molecular formula is C18H17ClF3NO3. The molecule has 26 heavy (non-hydrogen) atoms. The maximum absolute atomic E-state index is 13.0. The maximum atomic E-state index is 13.0. The van der Waals surface area contributed by atoms with Crippen LogP contribution in [0.15, 0.2) is 42.5 Å². The number of amides is 1. The molecule has 0 saturated carbocycles. The SMILES string of the molecule is COCCOc1ccc(C(F)(F)F)cc1NC(=O)Cc1ccccc1Cl. The Balaban J connectivity index is 2.20. The van der Waals surface area contributed by atoms with Gasteiger partial charge in [-0.1, -0.05) is 29.8 Å². The summed E-state index contributed by atoms with van der Waals surface area (Å²) in [5.74, 6) is -0.378. The lowest BCUT2D eigenvalue weighted by molar-refractivity contribution is -0.137. The highest BCUT2D eigenvalue weighted by atomic mass is 35.5. The van der Waals surface area contributed by atoms with Crippen LogP contribution in [0.3, 0.4) is 0 Å². The lowest BCUT2D eigenvalue weighted by atomic mass is 10.1. The van der Waals surface area contributed by atoms with Crippen LogP contribution < -0.4 is 10.1 Å². The molecule has 0 aliphatic heterocycles. The third-order valence-corrected chi connectivity index (χ3v) is 3.80. The quantitative estimate of drug-likeness (QED) is 0.708. The smallest absolute Gasteiger partial charge is 0.416 e. The zero-order valence-electron chi connectivity index (χ0n) is 13.9. The molecule has 1 N–H and O–H groups in total. The highest BCUT2D eigenvalue weighted by molar-refractivity contribution is 6.31. The van der Waals surface area contributed by atoms with Gasteiger partial charge in [0.1, 0.15) is 12.4 Å². The molecule has 0 unspecified atom stereocenters. The van der Waals surface area contributed by atoms with E-state index in [1.165, 1.54) is 13.2 Å². The number of carbonyl (C=O) groups is 1. The zero-order valence-corrected chi connectivity index (χ0v) is 14.7. The fourth-order valence-corrected chi connectivity index (χ4v) is 2.38. The first kappa shape index (κ1) is 20.1. The van der Waals surface area contributed by atoms with E-state index in [9.17, 15) is 18.0 Å². The number of ether oxygens (including phenoxy) is 2. The lowest BCUT2D eigenvalue weighted by Gasteiger charge is -2.15. The van der Waals surface area contributed by atoms with E-state index in [-0.39, 0.29) is 31.1 Å². The Morgan fingerprint density at radius 2 is 1.88 bits per heavy atom. The van der Waals surface area contributed by atoms with Gasteiger partial charge in [-0.3, -0.25) is 4.79 Å². The predicted octanol–water partition coefficient (Wildman–Crippen LogP) is 4.57. The van der Waals surface area contributed by atoms with Gasteiger partial charge in [0, 0.05) is 12.1 Å². The van der Waals surface area contributed by atoms with E-state index in [0.29, 0.717) is 10.6 Å². The molecule has 0 aliphatic rings. The molecule has 2 aromatic carbocycles. The molecule has 8 heteroatoms. The molecule has 140 valence electrons. The number of anilines is 1. The summed E-state index contributed by atoms with van der Waals surface area (Å²) in [6.07, 6.45) is -4.61. The van der Waals surface area contributed by atoms with Gasteiger partial charge in [-0.2, -0.15) is 13.2 Å². The highest BCUT2D eigenvalue weighted by Crippen LogP contribution is 2.35.